The van der Waals surface area contributed by atoms with Gasteiger partial charge in [0.15, 0.2) is 15.1 Å². The Morgan fingerprint density at radius 3 is 2.12 bits per heavy atom. The third kappa shape index (κ3) is 5.76. The van der Waals surface area contributed by atoms with Gasteiger partial charge in [0.2, 0.25) is 0 Å². The third-order valence-electron chi connectivity index (χ3n) is 5.38. The molecule has 0 spiro atoms. The number of aliphatic carboxylic acids is 1. The van der Waals surface area contributed by atoms with Crippen molar-refractivity contribution in [2.75, 3.05) is 13.2 Å². The normalized spacial score (nSPS) is 13.5. The number of carboxylic acids is 1. The van der Waals surface area contributed by atoms with E-state index < -0.39 is 18.1 Å². The Hall–Kier alpha value is -3.25. The molecular formula is C25H24NO6P. The fraction of sp³-hybridized carbons (Fsp3) is 0.200. The van der Waals surface area contributed by atoms with E-state index in [0.717, 1.165) is 27.8 Å². The molecule has 1 aliphatic carbocycles. The zero-order chi connectivity index (χ0) is 23.0. The fourth-order valence-electron chi connectivity index (χ4n) is 3.80. The molecule has 1 amide bonds. The van der Waals surface area contributed by atoms with Gasteiger partial charge in [0.1, 0.15) is 6.61 Å². The van der Waals surface area contributed by atoms with E-state index in [1.807, 2.05) is 78.9 Å². The molecule has 0 radical (unpaired) electrons. The first kappa shape index (κ1) is 22.9. The van der Waals surface area contributed by atoms with Gasteiger partial charge in [-0.05, 0) is 27.8 Å². The number of rotatable bonds is 10. The van der Waals surface area contributed by atoms with Crippen molar-refractivity contribution >= 4 is 21.1 Å². The van der Waals surface area contributed by atoms with E-state index in [4.69, 9.17) is 13.8 Å². The Morgan fingerprint density at radius 1 is 0.879 bits per heavy atom. The predicted molar refractivity (Wildman–Crippen MR) is 125 cm³/mol. The molecular weight excluding hydrogens is 441 g/mol. The molecule has 0 fully saturated rings. The van der Waals surface area contributed by atoms with Gasteiger partial charge in [-0.15, -0.1) is 0 Å². The fourth-order valence-corrected chi connectivity index (χ4v) is 4.35. The van der Waals surface area contributed by atoms with Crippen LogP contribution in [-0.4, -0.2) is 36.4 Å². The minimum atomic E-state index is -1.24. The van der Waals surface area contributed by atoms with Crippen molar-refractivity contribution in [2.24, 2.45) is 0 Å². The van der Waals surface area contributed by atoms with Crippen LogP contribution in [-0.2, 0) is 25.2 Å². The maximum Gasteiger partial charge on any atom is 0.407 e. The zero-order valence-corrected chi connectivity index (χ0v) is 18.8. The average molecular weight is 465 g/mol. The van der Waals surface area contributed by atoms with Crippen molar-refractivity contribution in [1.82, 2.24) is 5.32 Å². The maximum atomic E-state index is 12.3. The van der Waals surface area contributed by atoms with E-state index in [1.165, 1.54) is 0 Å². The first-order valence-corrected chi connectivity index (χ1v) is 11.3. The Bertz CT molecular complexity index is 1060. The zero-order valence-electron chi connectivity index (χ0n) is 17.8. The van der Waals surface area contributed by atoms with Gasteiger partial charge in [-0.1, -0.05) is 78.9 Å². The van der Waals surface area contributed by atoms with Crippen LogP contribution in [0.3, 0.4) is 0 Å². The number of ether oxygens (including phenoxy) is 1. The number of carboxylic acid groups (broad SMARTS) is 1. The second kappa shape index (κ2) is 11.1. The highest BCUT2D eigenvalue weighted by molar-refractivity contribution is 7.26. The summed E-state index contributed by atoms with van der Waals surface area (Å²) in [6, 6.07) is 24.3. The summed E-state index contributed by atoms with van der Waals surface area (Å²) in [5, 5.41) is 11.8. The summed E-state index contributed by atoms with van der Waals surface area (Å²) in [4.78, 5) is 23.9. The van der Waals surface area contributed by atoms with Crippen LogP contribution in [0.25, 0.3) is 11.1 Å². The van der Waals surface area contributed by atoms with E-state index >= 15 is 0 Å². The number of fused-ring (bicyclic) bond motifs is 3. The van der Waals surface area contributed by atoms with E-state index in [1.54, 1.807) is 0 Å². The molecule has 1 aliphatic rings. The van der Waals surface area contributed by atoms with Crippen LogP contribution in [0.5, 0.6) is 0 Å². The van der Waals surface area contributed by atoms with Crippen molar-refractivity contribution in [2.45, 2.75) is 18.6 Å². The van der Waals surface area contributed by atoms with Gasteiger partial charge in [-0.2, -0.15) is 0 Å². The summed E-state index contributed by atoms with van der Waals surface area (Å²) in [5.41, 5.74) is 5.40. The summed E-state index contributed by atoms with van der Waals surface area (Å²) in [6.45, 7) is 0.235. The van der Waals surface area contributed by atoms with Crippen LogP contribution < -0.4 is 5.32 Å². The number of carbonyl (C=O) groups is 2. The van der Waals surface area contributed by atoms with Crippen molar-refractivity contribution in [3.05, 3.63) is 95.6 Å². The van der Waals surface area contributed by atoms with E-state index in [2.05, 4.69) is 5.32 Å². The molecule has 1 unspecified atom stereocenters. The highest BCUT2D eigenvalue weighted by Gasteiger charge is 2.29. The van der Waals surface area contributed by atoms with Gasteiger partial charge in [-0.3, -0.25) is 0 Å². The monoisotopic (exact) mass is 465 g/mol. The lowest BCUT2D eigenvalue weighted by molar-refractivity contribution is -0.140. The number of hydrogen-bond acceptors (Lipinski definition) is 5. The SMILES string of the molecule is O=C(N[C@@H](COPOCc1ccccc1)C(=O)O)OCC1c2ccccc2-c2ccccc21. The van der Waals surface area contributed by atoms with Crippen LogP contribution in [0.2, 0.25) is 0 Å². The largest absolute Gasteiger partial charge is 0.480 e. The molecule has 0 heterocycles. The third-order valence-corrected chi connectivity index (χ3v) is 5.93. The molecule has 0 aliphatic heterocycles. The number of benzene rings is 3. The average Bonchev–Trinajstić information content (AvgIpc) is 3.16. The lowest BCUT2D eigenvalue weighted by atomic mass is 9.98. The quantitative estimate of drug-likeness (QED) is 0.332. The van der Waals surface area contributed by atoms with Gasteiger partial charge in [0.25, 0.3) is 0 Å². The lowest BCUT2D eigenvalue weighted by Gasteiger charge is -2.17. The molecule has 0 aromatic heterocycles. The number of hydrogen-bond donors (Lipinski definition) is 2. The van der Waals surface area contributed by atoms with Crippen LogP contribution >= 0.6 is 9.03 Å². The minimum absolute atomic E-state index is 0.101. The molecule has 3 aromatic rings. The molecule has 4 rings (SSSR count). The first-order chi connectivity index (χ1) is 16.1. The van der Waals surface area contributed by atoms with E-state index in [0.29, 0.717) is 6.61 Å². The topological polar surface area (TPSA) is 94.1 Å². The Kier molecular flexibility index (Phi) is 7.68. The van der Waals surface area contributed by atoms with Crippen molar-refractivity contribution in [1.29, 1.82) is 0 Å². The van der Waals surface area contributed by atoms with E-state index in [-0.39, 0.29) is 28.2 Å². The summed E-state index contributed by atoms with van der Waals surface area (Å²) in [6.07, 6.45) is -0.804. The molecule has 33 heavy (non-hydrogen) atoms. The van der Waals surface area contributed by atoms with Crippen LogP contribution in [0.1, 0.15) is 22.6 Å². The van der Waals surface area contributed by atoms with Gasteiger partial charge < -0.3 is 24.2 Å². The van der Waals surface area contributed by atoms with Crippen LogP contribution in [0.4, 0.5) is 4.79 Å². The summed E-state index contributed by atoms with van der Waals surface area (Å²) in [7, 11) is -0.351. The summed E-state index contributed by atoms with van der Waals surface area (Å²) >= 11 is 0. The number of nitrogens with one attached hydrogen (secondary N) is 1. The second-order valence-corrected chi connectivity index (χ2v) is 8.27. The number of alkyl carbamates (subject to hydrolysis) is 1. The first-order valence-electron chi connectivity index (χ1n) is 10.5. The molecule has 0 bridgehead atoms. The maximum absolute atomic E-state index is 12.3. The van der Waals surface area contributed by atoms with Crippen molar-refractivity contribution in [3.63, 3.8) is 0 Å². The summed E-state index contributed by atoms with van der Waals surface area (Å²) < 4.78 is 16.1. The minimum Gasteiger partial charge on any atom is -0.480 e. The number of amides is 1. The van der Waals surface area contributed by atoms with Crippen LogP contribution in [0, 0.1) is 0 Å². The molecule has 3 aromatic carbocycles. The molecule has 170 valence electrons. The van der Waals surface area contributed by atoms with Gasteiger partial charge in [0, 0.05) is 5.92 Å². The van der Waals surface area contributed by atoms with E-state index in [9.17, 15) is 14.7 Å². The van der Waals surface area contributed by atoms with Crippen molar-refractivity contribution in [3.8, 4) is 11.1 Å². The molecule has 7 nitrogen and oxygen atoms in total. The molecule has 2 N–H and O–H groups in total. The molecule has 0 saturated carbocycles. The Morgan fingerprint density at radius 2 is 1.48 bits per heavy atom. The highest BCUT2D eigenvalue weighted by Crippen LogP contribution is 2.44. The highest BCUT2D eigenvalue weighted by atomic mass is 31.1. The van der Waals surface area contributed by atoms with Gasteiger partial charge in [0.05, 0.1) is 13.2 Å². The molecule has 2 atom stereocenters. The lowest BCUT2D eigenvalue weighted by Crippen LogP contribution is -2.44. The molecule has 8 heteroatoms. The van der Waals surface area contributed by atoms with Crippen molar-refractivity contribution < 1.29 is 28.5 Å². The summed E-state index contributed by atoms with van der Waals surface area (Å²) in [5.74, 6) is -1.31. The smallest absolute Gasteiger partial charge is 0.407 e. The van der Waals surface area contributed by atoms with Gasteiger partial charge in [-0.25, -0.2) is 9.59 Å². The number of carbonyl (C=O) groups excluding carboxylic acids is 1. The second-order valence-electron chi connectivity index (χ2n) is 7.53. The Balaban J connectivity index is 1.26. The molecule has 0 saturated heterocycles. The standard InChI is InChI=1S/C25H24NO6P/c27-24(28)23(16-32-33-31-14-17-8-2-1-3-9-17)26-25(29)30-15-22-20-12-6-4-10-18(20)19-11-5-7-13-21(19)22/h1-13,22-23,33H,14-16H2,(H,26,29)(H,27,28)/t23-/m0/s1. The van der Waals surface area contributed by atoms with Crippen LogP contribution in [0.15, 0.2) is 78.9 Å². The Labute approximate surface area is 193 Å². The van der Waals surface area contributed by atoms with Gasteiger partial charge >= 0.3 is 12.1 Å². The predicted octanol–water partition coefficient (Wildman–Crippen LogP) is 4.72.